The number of fused-ring (bicyclic) bond motifs is 1. The molecule has 0 saturated carbocycles. The monoisotopic (exact) mass is 359 g/mol. The molecule has 0 fully saturated rings. The predicted octanol–water partition coefficient (Wildman–Crippen LogP) is 2.98. The Balaban J connectivity index is 2.04. The third-order valence-electron chi connectivity index (χ3n) is 4.67. The minimum atomic E-state index is -1.36. The summed E-state index contributed by atoms with van der Waals surface area (Å²) in [5, 5.41) is 9.36. The summed E-state index contributed by atoms with van der Waals surface area (Å²) in [6.07, 6.45) is 3.97. The Morgan fingerprint density at radius 2 is 1.96 bits per heavy atom. The molecule has 0 bridgehead atoms. The van der Waals surface area contributed by atoms with Crippen LogP contribution in [0.15, 0.2) is 35.2 Å². The average Bonchev–Trinajstić information content (AvgIpc) is 3.13. The zero-order valence-corrected chi connectivity index (χ0v) is 15.1. The minimum Gasteiger partial charge on any atom is -0.481 e. The number of carboxylic acids is 1. The molecule has 0 saturated heterocycles. The molecule has 0 spiro atoms. The van der Waals surface area contributed by atoms with Gasteiger partial charge < -0.3 is 9.67 Å². The molecule has 0 aliphatic carbocycles. The van der Waals surface area contributed by atoms with Crippen LogP contribution >= 0.6 is 0 Å². The summed E-state index contributed by atoms with van der Waals surface area (Å²) in [5.41, 5.74) is 2.64. The van der Waals surface area contributed by atoms with Gasteiger partial charge in [-0.15, -0.1) is 0 Å². The van der Waals surface area contributed by atoms with Gasteiger partial charge in [0.2, 0.25) is 5.78 Å². The average molecular weight is 359 g/mol. The van der Waals surface area contributed by atoms with E-state index in [1.165, 1.54) is 11.8 Å². The first-order chi connectivity index (χ1) is 11.9. The van der Waals surface area contributed by atoms with Gasteiger partial charge in [-0.2, -0.15) is 0 Å². The first-order valence-electron chi connectivity index (χ1n) is 8.37. The number of aliphatic carboxylic acids is 1. The van der Waals surface area contributed by atoms with Crippen molar-refractivity contribution < 1.29 is 18.9 Å². The lowest BCUT2D eigenvalue weighted by atomic mass is 10.0. The molecule has 0 radical (unpaired) electrons. The lowest BCUT2D eigenvalue weighted by Crippen LogP contribution is -2.12. The number of benzene rings is 1. The Bertz CT molecular complexity index is 851. The normalized spacial score (nSPS) is 17.3. The van der Waals surface area contributed by atoms with Gasteiger partial charge in [0.1, 0.15) is 5.69 Å². The van der Waals surface area contributed by atoms with Crippen molar-refractivity contribution in [3.8, 4) is 0 Å². The van der Waals surface area contributed by atoms with Crippen LogP contribution in [0.1, 0.15) is 53.0 Å². The number of hydrogen-bond donors (Lipinski definition) is 1. The number of carbonyl (C=O) groups excluding carboxylic acids is 1. The molecule has 6 heteroatoms. The zero-order chi connectivity index (χ0) is 18.1. The molecule has 1 aromatic carbocycles. The highest BCUT2D eigenvalue weighted by atomic mass is 32.2. The molecule has 2 unspecified atom stereocenters. The molecule has 2 heterocycles. The fraction of sp³-hybridized carbons (Fsp3) is 0.368. The maximum atomic E-state index is 13.0. The van der Waals surface area contributed by atoms with Gasteiger partial charge in [0, 0.05) is 24.1 Å². The van der Waals surface area contributed by atoms with Crippen molar-refractivity contribution in [2.75, 3.05) is 6.26 Å². The summed E-state index contributed by atoms with van der Waals surface area (Å²) >= 11 is 0. The summed E-state index contributed by atoms with van der Waals surface area (Å²) in [6, 6.07) is 9.08. The maximum Gasteiger partial charge on any atom is 0.312 e. The Morgan fingerprint density at radius 1 is 1.28 bits per heavy atom. The van der Waals surface area contributed by atoms with Crippen molar-refractivity contribution in [3.05, 3.63) is 52.8 Å². The second-order valence-electron chi connectivity index (χ2n) is 6.34. The second-order valence-corrected chi connectivity index (χ2v) is 7.69. The first kappa shape index (κ1) is 17.6. The van der Waals surface area contributed by atoms with Gasteiger partial charge in [-0.05, 0) is 24.5 Å². The lowest BCUT2D eigenvalue weighted by molar-refractivity contribution is -0.138. The Labute approximate surface area is 149 Å². The van der Waals surface area contributed by atoms with Gasteiger partial charge in [0.15, 0.2) is 0 Å². The molecule has 1 aliphatic rings. The largest absolute Gasteiger partial charge is 0.481 e. The number of hydrogen-bond acceptors (Lipinski definition) is 3. The quantitative estimate of drug-likeness (QED) is 0.805. The minimum absolute atomic E-state index is 0.203. The lowest BCUT2D eigenvalue weighted by Gasteiger charge is -2.08. The molecule has 1 aromatic heterocycles. The first-order valence-corrected chi connectivity index (χ1v) is 9.93. The Morgan fingerprint density at radius 3 is 2.52 bits per heavy atom. The van der Waals surface area contributed by atoms with E-state index < -0.39 is 22.7 Å². The fourth-order valence-corrected chi connectivity index (χ4v) is 4.19. The molecule has 0 amide bonds. The van der Waals surface area contributed by atoms with E-state index in [4.69, 9.17) is 0 Å². The number of nitrogens with zero attached hydrogens (tertiary/aromatic N) is 1. The highest BCUT2D eigenvalue weighted by molar-refractivity contribution is 7.84. The van der Waals surface area contributed by atoms with Crippen LogP contribution < -0.4 is 0 Å². The molecule has 132 valence electrons. The second kappa shape index (κ2) is 6.96. The Hall–Kier alpha value is -2.21. The van der Waals surface area contributed by atoms with Gasteiger partial charge in [-0.25, -0.2) is 0 Å². The van der Waals surface area contributed by atoms with Crippen LogP contribution in [0.2, 0.25) is 0 Å². The van der Waals surface area contributed by atoms with Gasteiger partial charge >= 0.3 is 5.97 Å². The number of ketones is 1. The van der Waals surface area contributed by atoms with Gasteiger partial charge in [-0.3, -0.25) is 13.8 Å². The highest BCUT2D eigenvalue weighted by Crippen LogP contribution is 2.35. The summed E-state index contributed by atoms with van der Waals surface area (Å²) in [6.45, 7) is 2.56. The third kappa shape index (κ3) is 3.18. The zero-order valence-electron chi connectivity index (χ0n) is 14.3. The van der Waals surface area contributed by atoms with Crippen molar-refractivity contribution >= 4 is 22.6 Å². The smallest absolute Gasteiger partial charge is 0.312 e. The van der Waals surface area contributed by atoms with Crippen LogP contribution in [0.5, 0.6) is 0 Å². The van der Waals surface area contributed by atoms with Crippen molar-refractivity contribution in [1.29, 1.82) is 0 Å². The van der Waals surface area contributed by atoms with Crippen LogP contribution in [-0.4, -0.2) is 31.9 Å². The van der Waals surface area contributed by atoms with Crippen molar-refractivity contribution in [2.24, 2.45) is 0 Å². The fourth-order valence-electron chi connectivity index (χ4n) is 3.43. The standard InChI is InChI=1S/C19H21NO4S/c1-3-4-12-5-7-13(8-6-12)18(21)17-16(25(2)24)11-15-14(19(22)23)9-10-20(15)17/h5-8,11,14H,3-4,9-10H2,1-2H3,(H,22,23). The van der Waals surface area contributed by atoms with Gasteiger partial charge in [-0.1, -0.05) is 37.6 Å². The van der Waals surface area contributed by atoms with E-state index in [2.05, 4.69) is 6.92 Å². The van der Waals surface area contributed by atoms with E-state index in [1.807, 2.05) is 12.1 Å². The van der Waals surface area contributed by atoms with E-state index in [9.17, 15) is 18.9 Å². The van der Waals surface area contributed by atoms with E-state index in [0.717, 1.165) is 12.8 Å². The van der Waals surface area contributed by atoms with E-state index in [0.29, 0.717) is 34.8 Å². The molecular formula is C19H21NO4S. The number of aryl methyl sites for hydroxylation is 1. The summed E-state index contributed by atoms with van der Waals surface area (Å²) < 4.78 is 13.9. The SMILES string of the molecule is CCCc1ccc(C(=O)c2c(S(C)=O)cc3n2CCC3C(=O)O)cc1. The topological polar surface area (TPSA) is 76.4 Å². The van der Waals surface area contributed by atoms with Crippen LogP contribution in [0, 0.1) is 0 Å². The highest BCUT2D eigenvalue weighted by Gasteiger charge is 2.35. The van der Waals surface area contributed by atoms with Crippen molar-refractivity contribution in [2.45, 2.75) is 43.5 Å². The molecule has 5 nitrogen and oxygen atoms in total. The third-order valence-corrected chi connectivity index (χ3v) is 5.60. The van der Waals surface area contributed by atoms with Crippen molar-refractivity contribution in [3.63, 3.8) is 0 Å². The number of carboxylic acid groups (broad SMARTS) is 1. The Kier molecular flexibility index (Phi) is 4.90. The number of aromatic nitrogens is 1. The molecular weight excluding hydrogens is 338 g/mol. The molecule has 2 atom stereocenters. The van der Waals surface area contributed by atoms with Crippen LogP contribution in [0.3, 0.4) is 0 Å². The van der Waals surface area contributed by atoms with Crippen molar-refractivity contribution in [1.82, 2.24) is 4.57 Å². The van der Waals surface area contributed by atoms with Crippen LogP contribution in [-0.2, 0) is 28.6 Å². The molecule has 25 heavy (non-hydrogen) atoms. The summed E-state index contributed by atoms with van der Waals surface area (Å²) in [7, 11) is -1.36. The van der Waals surface area contributed by atoms with Crippen LogP contribution in [0.4, 0.5) is 0 Å². The van der Waals surface area contributed by atoms with Crippen LogP contribution in [0.25, 0.3) is 0 Å². The summed E-state index contributed by atoms with van der Waals surface area (Å²) in [4.78, 5) is 24.9. The van der Waals surface area contributed by atoms with Gasteiger partial charge in [0.05, 0.1) is 21.6 Å². The van der Waals surface area contributed by atoms with E-state index >= 15 is 0 Å². The maximum absolute atomic E-state index is 13.0. The predicted molar refractivity (Wildman–Crippen MR) is 95.6 cm³/mol. The van der Waals surface area contributed by atoms with E-state index in [-0.39, 0.29) is 5.78 Å². The summed E-state index contributed by atoms with van der Waals surface area (Å²) in [5.74, 6) is -1.76. The van der Waals surface area contributed by atoms with E-state index in [1.54, 1.807) is 22.8 Å². The number of carbonyl (C=O) groups is 2. The van der Waals surface area contributed by atoms with Gasteiger partial charge in [0.25, 0.3) is 0 Å². The molecule has 2 aromatic rings. The molecule has 1 aliphatic heterocycles. The molecule has 1 N–H and O–H groups in total. The number of rotatable bonds is 6. The molecule has 3 rings (SSSR count).